The van der Waals surface area contributed by atoms with Gasteiger partial charge in [-0.2, -0.15) is 0 Å². The minimum Gasteiger partial charge on any atom is -0.376 e. The summed E-state index contributed by atoms with van der Waals surface area (Å²) in [5.41, 5.74) is 4.31. The van der Waals surface area contributed by atoms with Gasteiger partial charge in [-0.3, -0.25) is 0 Å². The second-order valence-corrected chi connectivity index (χ2v) is 4.18. The first-order chi connectivity index (χ1) is 8.31. The van der Waals surface area contributed by atoms with Crippen molar-refractivity contribution in [3.8, 4) is 0 Å². The Morgan fingerprint density at radius 2 is 1.28 bits per heavy atom. The molecule has 0 heterocycles. The highest BCUT2D eigenvalue weighted by atomic mass is 19.2. The zero-order chi connectivity index (χ0) is 14.0. The Bertz CT molecular complexity index is 419. The number of nitrogens with two attached hydrogens (primary N) is 1. The second-order valence-electron chi connectivity index (χ2n) is 4.18. The quantitative estimate of drug-likeness (QED) is 0.500. The molecule has 0 bridgehead atoms. The fourth-order valence-corrected chi connectivity index (χ4v) is 1.41. The largest absolute Gasteiger partial charge is 0.376 e. The van der Waals surface area contributed by atoms with Crippen molar-refractivity contribution in [1.29, 1.82) is 0 Å². The molecule has 1 aromatic rings. The molecule has 1 aromatic carbocycles. The van der Waals surface area contributed by atoms with Crippen LogP contribution in [0, 0.1) is 35.0 Å². The Balaban J connectivity index is 3.25. The molecule has 0 aliphatic heterocycles. The molecule has 18 heavy (non-hydrogen) atoms. The van der Waals surface area contributed by atoms with E-state index < -0.39 is 40.8 Å². The minimum atomic E-state index is -2.18. The van der Waals surface area contributed by atoms with E-state index in [-0.39, 0.29) is 12.5 Å². The standard InChI is InChI=1S/C11H13F5N2/c1-4(2)5(3-17)18-11-9(15)7(13)6(12)8(14)10(11)16/h4-5,18H,3,17H2,1-2H3. The SMILES string of the molecule is CC(C)C(CN)Nc1c(F)c(F)c(F)c(F)c1F. The Labute approximate surface area is 101 Å². The molecule has 0 saturated heterocycles. The summed E-state index contributed by atoms with van der Waals surface area (Å²) in [6, 6.07) is -0.599. The van der Waals surface area contributed by atoms with E-state index in [1.807, 2.05) is 0 Å². The van der Waals surface area contributed by atoms with Gasteiger partial charge in [-0.15, -0.1) is 0 Å². The molecule has 0 aromatic heterocycles. The van der Waals surface area contributed by atoms with Crippen molar-refractivity contribution >= 4 is 5.69 Å². The van der Waals surface area contributed by atoms with Gasteiger partial charge in [-0.1, -0.05) is 13.8 Å². The van der Waals surface area contributed by atoms with E-state index in [1.54, 1.807) is 13.8 Å². The topological polar surface area (TPSA) is 38.0 Å². The van der Waals surface area contributed by atoms with Gasteiger partial charge in [-0.05, 0) is 5.92 Å². The molecule has 0 spiro atoms. The molecule has 3 N–H and O–H groups in total. The Morgan fingerprint density at radius 1 is 0.889 bits per heavy atom. The zero-order valence-corrected chi connectivity index (χ0v) is 9.83. The van der Waals surface area contributed by atoms with Gasteiger partial charge in [0.05, 0.1) is 0 Å². The molecule has 0 saturated carbocycles. The number of hydrogen-bond donors (Lipinski definition) is 2. The third kappa shape index (κ3) is 2.55. The highest BCUT2D eigenvalue weighted by molar-refractivity contribution is 5.48. The van der Waals surface area contributed by atoms with Crippen LogP contribution >= 0.6 is 0 Å². The zero-order valence-electron chi connectivity index (χ0n) is 9.83. The van der Waals surface area contributed by atoms with Crippen LogP contribution < -0.4 is 11.1 Å². The van der Waals surface area contributed by atoms with Crippen molar-refractivity contribution in [2.24, 2.45) is 11.7 Å². The third-order valence-electron chi connectivity index (χ3n) is 2.60. The van der Waals surface area contributed by atoms with Crippen LogP contribution in [-0.2, 0) is 0 Å². The van der Waals surface area contributed by atoms with Crippen LogP contribution in [0.3, 0.4) is 0 Å². The van der Waals surface area contributed by atoms with Gasteiger partial charge in [0.1, 0.15) is 5.69 Å². The maximum Gasteiger partial charge on any atom is 0.200 e. The van der Waals surface area contributed by atoms with Crippen molar-refractivity contribution < 1.29 is 22.0 Å². The highest BCUT2D eigenvalue weighted by Crippen LogP contribution is 2.28. The number of halogens is 5. The smallest absolute Gasteiger partial charge is 0.200 e. The molecule has 0 aliphatic carbocycles. The first-order valence-electron chi connectivity index (χ1n) is 5.29. The van der Waals surface area contributed by atoms with Gasteiger partial charge in [-0.25, -0.2) is 22.0 Å². The number of hydrogen-bond acceptors (Lipinski definition) is 2. The fourth-order valence-electron chi connectivity index (χ4n) is 1.41. The molecule has 0 aliphatic rings. The van der Waals surface area contributed by atoms with Crippen LogP contribution in [0.2, 0.25) is 0 Å². The first-order valence-corrected chi connectivity index (χ1v) is 5.29. The van der Waals surface area contributed by atoms with E-state index in [0.717, 1.165) is 0 Å². The maximum atomic E-state index is 13.3. The maximum absolute atomic E-state index is 13.3. The predicted octanol–water partition coefficient (Wildman–Crippen LogP) is 2.78. The lowest BCUT2D eigenvalue weighted by molar-refractivity contribution is 0.379. The van der Waals surface area contributed by atoms with E-state index >= 15 is 0 Å². The van der Waals surface area contributed by atoms with Crippen molar-refractivity contribution in [2.75, 3.05) is 11.9 Å². The number of anilines is 1. The summed E-state index contributed by atoms with van der Waals surface area (Å²) in [4.78, 5) is 0. The molecule has 1 unspecified atom stereocenters. The van der Waals surface area contributed by atoms with Crippen LogP contribution in [0.4, 0.5) is 27.6 Å². The van der Waals surface area contributed by atoms with Gasteiger partial charge >= 0.3 is 0 Å². The van der Waals surface area contributed by atoms with Gasteiger partial charge < -0.3 is 11.1 Å². The third-order valence-corrected chi connectivity index (χ3v) is 2.60. The monoisotopic (exact) mass is 268 g/mol. The van der Waals surface area contributed by atoms with Crippen molar-refractivity contribution in [3.63, 3.8) is 0 Å². The summed E-state index contributed by atoms with van der Waals surface area (Å²) < 4.78 is 65.3. The van der Waals surface area contributed by atoms with E-state index in [4.69, 9.17) is 5.73 Å². The van der Waals surface area contributed by atoms with Crippen molar-refractivity contribution in [2.45, 2.75) is 19.9 Å². The van der Waals surface area contributed by atoms with Gasteiger partial charge in [0.2, 0.25) is 5.82 Å². The summed E-state index contributed by atoms with van der Waals surface area (Å²) in [6.45, 7) is 3.41. The van der Waals surface area contributed by atoms with Crippen molar-refractivity contribution in [1.82, 2.24) is 0 Å². The van der Waals surface area contributed by atoms with E-state index in [2.05, 4.69) is 5.32 Å². The van der Waals surface area contributed by atoms with E-state index in [1.165, 1.54) is 0 Å². The van der Waals surface area contributed by atoms with Crippen LogP contribution in [0.25, 0.3) is 0 Å². The molecule has 0 radical (unpaired) electrons. The molecular formula is C11H13F5N2. The lowest BCUT2D eigenvalue weighted by atomic mass is 10.0. The number of rotatable bonds is 4. The van der Waals surface area contributed by atoms with E-state index in [0.29, 0.717) is 0 Å². The van der Waals surface area contributed by atoms with E-state index in [9.17, 15) is 22.0 Å². The Kier molecular flexibility index (Phi) is 4.50. The average Bonchev–Trinajstić information content (AvgIpc) is 2.34. The minimum absolute atomic E-state index is 0.00282. The number of nitrogens with one attached hydrogen (secondary N) is 1. The molecule has 0 amide bonds. The second kappa shape index (κ2) is 5.51. The average molecular weight is 268 g/mol. The molecule has 1 rings (SSSR count). The van der Waals surface area contributed by atoms with Gasteiger partial charge in [0.25, 0.3) is 0 Å². The van der Waals surface area contributed by atoms with Crippen LogP contribution in [0.1, 0.15) is 13.8 Å². The summed E-state index contributed by atoms with van der Waals surface area (Å²) >= 11 is 0. The molecule has 102 valence electrons. The van der Waals surface area contributed by atoms with Crippen LogP contribution in [0.15, 0.2) is 0 Å². The molecule has 2 nitrogen and oxygen atoms in total. The lowest BCUT2D eigenvalue weighted by Gasteiger charge is -2.22. The summed E-state index contributed by atoms with van der Waals surface area (Å²) in [7, 11) is 0. The fraction of sp³-hybridized carbons (Fsp3) is 0.455. The molecule has 1 atom stereocenters. The lowest BCUT2D eigenvalue weighted by Crippen LogP contribution is -2.34. The van der Waals surface area contributed by atoms with Gasteiger partial charge in [0, 0.05) is 12.6 Å². The molecular weight excluding hydrogens is 255 g/mol. The highest BCUT2D eigenvalue weighted by Gasteiger charge is 2.27. The summed E-state index contributed by atoms with van der Waals surface area (Å²) in [6.07, 6.45) is 0. The Hall–Kier alpha value is -1.37. The summed E-state index contributed by atoms with van der Waals surface area (Å²) in [5, 5.41) is 2.25. The Morgan fingerprint density at radius 3 is 1.61 bits per heavy atom. The normalized spacial score (nSPS) is 12.9. The van der Waals surface area contributed by atoms with Crippen LogP contribution in [0.5, 0.6) is 0 Å². The van der Waals surface area contributed by atoms with Gasteiger partial charge in [0.15, 0.2) is 23.3 Å². The first kappa shape index (κ1) is 14.7. The number of benzene rings is 1. The summed E-state index contributed by atoms with van der Waals surface area (Å²) in [5.74, 6) is -10.0. The predicted molar refractivity (Wildman–Crippen MR) is 57.5 cm³/mol. The van der Waals surface area contributed by atoms with Crippen LogP contribution in [-0.4, -0.2) is 12.6 Å². The van der Waals surface area contributed by atoms with Crippen molar-refractivity contribution in [3.05, 3.63) is 29.1 Å². The molecule has 0 fully saturated rings. The molecule has 7 heteroatoms.